The Hall–Kier alpha value is -0.590. The molecule has 0 spiro atoms. The summed E-state index contributed by atoms with van der Waals surface area (Å²) in [4.78, 5) is 16.1. The average Bonchev–Trinajstić information content (AvgIpc) is 2.43. The number of hydrogen-bond donors (Lipinski definition) is 0. The van der Waals surface area contributed by atoms with E-state index in [1.165, 1.54) is 6.20 Å². The third-order valence-electron chi connectivity index (χ3n) is 2.61. The Labute approximate surface area is 144 Å². The van der Waals surface area contributed by atoms with E-state index >= 15 is 0 Å². The quantitative estimate of drug-likeness (QED) is 0.255. The summed E-state index contributed by atoms with van der Waals surface area (Å²) >= 11 is 0. The molecule has 22 heavy (non-hydrogen) atoms. The smallest absolute Gasteiger partial charge is 0.340 e. The van der Waals surface area contributed by atoms with Crippen LogP contribution in [0.25, 0.3) is 0 Å². The van der Waals surface area contributed by atoms with Gasteiger partial charge in [0, 0.05) is 29.3 Å². The Bertz CT molecular complexity index is 489. The number of carbonyl (C=O) groups is 1. The minimum atomic E-state index is -0.535. The van der Waals surface area contributed by atoms with Crippen LogP contribution in [0.4, 0.5) is 0 Å². The van der Waals surface area contributed by atoms with E-state index in [1.54, 1.807) is 49.7 Å². The molecule has 1 aromatic heterocycles. The van der Waals surface area contributed by atoms with Gasteiger partial charge in [-0.15, -0.1) is 6.58 Å². The van der Waals surface area contributed by atoms with E-state index in [2.05, 4.69) is 25.4 Å². The highest BCUT2D eigenvalue weighted by Gasteiger charge is 2.33. The Kier molecular flexibility index (Phi) is 7.86. The number of aromatic nitrogens is 1. The lowest BCUT2D eigenvalue weighted by Gasteiger charge is -2.33. The fraction of sp³-hybridized carbons (Fsp3) is 0.500. The summed E-state index contributed by atoms with van der Waals surface area (Å²) in [6.45, 7) is 11.9. The van der Waals surface area contributed by atoms with E-state index in [0.717, 1.165) is 12.2 Å². The predicted molar refractivity (Wildman–Crippen MR) is 100 cm³/mol. The Balaban J connectivity index is 2.54. The van der Waals surface area contributed by atoms with Crippen molar-refractivity contribution in [3.63, 3.8) is 0 Å². The Morgan fingerprint density at radius 3 is 2.73 bits per heavy atom. The van der Waals surface area contributed by atoms with E-state index in [9.17, 15) is 4.79 Å². The number of nitrogens with zero attached hydrogens (tertiary/aromatic N) is 1. The standard InChI is InChI=1S/C16H23NO2S3/c1-6-10-20-22-21-16(4,5)12-15(2,3)19-14(18)13-8-7-9-17-11-13/h6-9,11H,1,10,12H2,2-5H3. The summed E-state index contributed by atoms with van der Waals surface area (Å²) < 4.78 is 5.66. The summed E-state index contributed by atoms with van der Waals surface area (Å²) in [5, 5.41) is 0. The molecule has 0 fully saturated rings. The van der Waals surface area contributed by atoms with Crippen molar-refractivity contribution < 1.29 is 9.53 Å². The first-order valence-corrected chi connectivity index (χ1v) is 10.6. The zero-order valence-corrected chi connectivity index (χ0v) is 15.9. The van der Waals surface area contributed by atoms with Crippen LogP contribution in [0.1, 0.15) is 44.5 Å². The van der Waals surface area contributed by atoms with Crippen LogP contribution in [0.5, 0.6) is 0 Å². The van der Waals surface area contributed by atoms with E-state index in [-0.39, 0.29) is 10.7 Å². The average molecular weight is 358 g/mol. The maximum absolute atomic E-state index is 12.2. The molecule has 0 saturated heterocycles. The minimum absolute atomic E-state index is 0.00243. The second kappa shape index (κ2) is 8.89. The molecule has 0 aliphatic rings. The maximum Gasteiger partial charge on any atom is 0.340 e. The van der Waals surface area contributed by atoms with Gasteiger partial charge in [-0.3, -0.25) is 4.98 Å². The van der Waals surface area contributed by atoms with Crippen LogP contribution in [-0.4, -0.2) is 27.1 Å². The van der Waals surface area contributed by atoms with Crippen molar-refractivity contribution in [3.8, 4) is 0 Å². The zero-order chi connectivity index (χ0) is 16.6. The van der Waals surface area contributed by atoms with Gasteiger partial charge in [0.25, 0.3) is 0 Å². The van der Waals surface area contributed by atoms with Crippen molar-refractivity contribution in [2.24, 2.45) is 0 Å². The highest BCUT2D eigenvalue weighted by atomic mass is 33.5. The molecule has 0 radical (unpaired) electrons. The lowest BCUT2D eigenvalue weighted by molar-refractivity contribution is -0.00739. The molecule has 0 unspecified atom stereocenters. The van der Waals surface area contributed by atoms with Gasteiger partial charge in [0.1, 0.15) is 5.60 Å². The van der Waals surface area contributed by atoms with Gasteiger partial charge < -0.3 is 4.74 Å². The van der Waals surface area contributed by atoms with Crippen LogP contribution in [0, 0.1) is 0 Å². The SMILES string of the molecule is C=CCSSSC(C)(C)CC(C)(C)OC(=O)c1cccnc1. The molecule has 1 aromatic rings. The number of hydrogen-bond acceptors (Lipinski definition) is 6. The molecule has 0 saturated carbocycles. The highest BCUT2D eigenvalue weighted by molar-refractivity contribution is 9.09. The van der Waals surface area contributed by atoms with E-state index in [1.807, 2.05) is 19.9 Å². The summed E-state index contributed by atoms with van der Waals surface area (Å²) in [5.41, 5.74) is -0.0513. The predicted octanol–water partition coefficient (Wildman–Crippen LogP) is 5.40. The topological polar surface area (TPSA) is 39.2 Å². The van der Waals surface area contributed by atoms with Gasteiger partial charge in [-0.2, -0.15) is 0 Å². The second-order valence-corrected chi connectivity index (χ2v) is 10.9. The highest BCUT2D eigenvalue weighted by Crippen LogP contribution is 2.46. The van der Waals surface area contributed by atoms with Crippen molar-refractivity contribution in [1.29, 1.82) is 0 Å². The second-order valence-electron chi connectivity index (χ2n) is 6.05. The lowest BCUT2D eigenvalue weighted by Crippen LogP contribution is -2.35. The molecule has 0 aliphatic heterocycles. The lowest BCUT2D eigenvalue weighted by atomic mass is 9.95. The molecule has 122 valence electrons. The molecule has 3 nitrogen and oxygen atoms in total. The molecule has 0 aromatic carbocycles. The number of rotatable bonds is 9. The number of esters is 1. The summed E-state index contributed by atoms with van der Waals surface area (Å²) in [5.74, 6) is 0.597. The molecule has 0 N–H and O–H groups in total. The van der Waals surface area contributed by atoms with Crippen LogP contribution < -0.4 is 0 Å². The van der Waals surface area contributed by atoms with Gasteiger partial charge in [0.15, 0.2) is 0 Å². The van der Waals surface area contributed by atoms with Gasteiger partial charge in [0.05, 0.1) is 5.56 Å². The fourth-order valence-corrected chi connectivity index (χ4v) is 6.79. The zero-order valence-electron chi connectivity index (χ0n) is 13.5. The van der Waals surface area contributed by atoms with Crippen molar-refractivity contribution in [2.75, 3.05) is 5.75 Å². The largest absolute Gasteiger partial charge is 0.456 e. The number of carbonyl (C=O) groups excluding carboxylic acids is 1. The Morgan fingerprint density at radius 1 is 1.41 bits per heavy atom. The first kappa shape index (κ1) is 19.5. The van der Waals surface area contributed by atoms with Crippen molar-refractivity contribution >= 4 is 37.4 Å². The molecular formula is C16H23NO2S3. The molecule has 0 aliphatic carbocycles. The summed E-state index contributed by atoms with van der Waals surface area (Å²) in [6.07, 6.45) is 5.82. The molecule has 6 heteroatoms. The maximum atomic E-state index is 12.2. The minimum Gasteiger partial charge on any atom is -0.456 e. The molecule has 1 rings (SSSR count). The fourth-order valence-electron chi connectivity index (χ4n) is 2.08. The van der Waals surface area contributed by atoms with Crippen molar-refractivity contribution in [1.82, 2.24) is 4.98 Å². The van der Waals surface area contributed by atoms with Crippen LogP contribution in [0.3, 0.4) is 0 Å². The van der Waals surface area contributed by atoms with Crippen LogP contribution >= 0.6 is 31.4 Å². The van der Waals surface area contributed by atoms with Gasteiger partial charge in [-0.05, 0) is 49.7 Å². The first-order valence-electron chi connectivity index (χ1n) is 6.97. The van der Waals surface area contributed by atoms with Crippen LogP contribution in [-0.2, 0) is 4.74 Å². The van der Waals surface area contributed by atoms with Gasteiger partial charge in [0.2, 0.25) is 0 Å². The van der Waals surface area contributed by atoms with Crippen LogP contribution in [0.15, 0.2) is 37.2 Å². The van der Waals surface area contributed by atoms with E-state index < -0.39 is 5.60 Å². The third kappa shape index (κ3) is 7.61. The Morgan fingerprint density at radius 2 is 2.14 bits per heavy atom. The van der Waals surface area contributed by atoms with Crippen LogP contribution in [0.2, 0.25) is 0 Å². The summed E-state index contributed by atoms with van der Waals surface area (Å²) in [6, 6.07) is 3.45. The van der Waals surface area contributed by atoms with Gasteiger partial charge >= 0.3 is 5.97 Å². The molecule has 0 atom stereocenters. The monoisotopic (exact) mass is 357 g/mol. The van der Waals surface area contributed by atoms with E-state index in [4.69, 9.17) is 4.74 Å². The van der Waals surface area contributed by atoms with Crippen molar-refractivity contribution in [3.05, 3.63) is 42.7 Å². The van der Waals surface area contributed by atoms with Gasteiger partial charge in [-0.25, -0.2) is 4.79 Å². The number of ether oxygens (including phenoxy) is 1. The number of pyridine rings is 1. The van der Waals surface area contributed by atoms with Gasteiger partial charge in [-0.1, -0.05) is 27.7 Å². The summed E-state index contributed by atoms with van der Waals surface area (Å²) in [7, 11) is 5.31. The van der Waals surface area contributed by atoms with Crippen molar-refractivity contribution in [2.45, 2.75) is 44.5 Å². The molecule has 1 heterocycles. The molecular weight excluding hydrogens is 334 g/mol. The normalized spacial score (nSPS) is 12.0. The molecule has 0 bridgehead atoms. The third-order valence-corrected chi connectivity index (χ3v) is 7.48. The molecule has 0 amide bonds. The first-order chi connectivity index (χ1) is 10.3. The van der Waals surface area contributed by atoms with E-state index in [0.29, 0.717) is 5.56 Å².